The van der Waals surface area contributed by atoms with E-state index in [2.05, 4.69) is 33.0 Å². The fourth-order valence-electron chi connectivity index (χ4n) is 4.07. The molecule has 3 rings (SSSR count). The van der Waals surface area contributed by atoms with E-state index in [1.807, 2.05) is 24.8 Å². The maximum Gasteiger partial charge on any atom is 0.410 e. The van der Waals surface area contributed by atoms with Crippen LogP contribution in [-0.4, -0.2) is 74.5 Å². The van der Waals surface area contributed by atoms with Gasteiger partial charge in [0.1, 0.15) is 18.5 Å². The van der Waals surface area contributed by atoms with Gasteiger partial charge in [-0.05, 0) is 69.3 Å². The molecule has 2 aliphatic rings. The minimum atomic E-state index is -0.165. The minimum absolute atomic E-state index is 0.0269. The molecule has 162 valence electrons. The molecular formula is C22H33BrN2O4. The Morgan fingerprint density at radius 2 is 2.10 bits per heavy atom. The molecule has 0 spiro atoms. The minimum Gasteiger partial charge on any atom is -0.491 e. The lowest BCUT2D eigenvalue weighted by Crippen LogP contribution is -2.32. The summed E-state index contributed by atoms with van der Waals surface area (Å²) < 4.78 is 17.5. The Morgan fingerprint density at radius 3 is 2.83 bits per heavy atom. The Hall–Kier alpha value is -1.31. The van der Waals surface area contributed by atoms with E-state index >= 15 is 0 Å². The number of cyclic esters (lactones) is 1. The van der Waals surface area contributed by atoms with Crippen molar-refractivity contribution in [3.63, 3.8) is 0 Å². The van der Waals surface area contributed by atoms with Gasteiger partial charge in [-0.15, -0.1) is 0 Å². The van der Waals surface area contributed by atoms with Gasteiger partial charge in [-0.25, -0.2) is 4.79 Å². The highest BCUT2D eigenvalue weighted by atomic mass is 79.9. The van der Waals surface area contributed by atoms with E-state index in [0.29, 0.717) is 19.1 Å². The van der Waals surface area contributed by atoms with Gasteiger partial charge in [0.2, 0.25) is 0 Å². The molecule has 2 heterocycles. The van der Waals surface area contributed by atoms with E-state index in [1.54, 1.807) is 7.11 Å². The molecule has 29 heavy (non-hydrogen) atoms. The van der Waals surface area contributed by atoms with Gasteiger partial charge < -0.3 is 24.0 Å². The first kappa shape index (κ1) is 22.4. The maximum atomic E-state index is 11.9. The molecule has 2 aliphatic heterocycles. The largest absolute Gasteiger partial charge is 0.491 e. The second kappa shape index (κ2) is 10.6. The second-order valence-corrected chi connectivity index (χ2v) is 9.15. The molecule has 2 saturated heterocycles. The van der Waals surface area contributed by atoms with Crippen molar-refractivity contribution in [2.45, 2.75) is 45.3 Å². The normalized spacial score (nSPS) is 22.5. The number of nitrogens with zero attached hydrogens (tertiary/aromatic N) is 2. The van der Waals surface area contributed by atoms with Crippen LogP contribution in [0.1, 0.15) is 32.3 Å². The number of halogens is 1. The molecule has 1 amide bonds. The summed E-state index contributed by atoms with van der Waals surface area (Å²) in [4.78, 5) is 16.2. The summed E-state index contributed by atoms with van der Waals surface area (Å²) in [7, 11) is 1.68. The zero-order valence-electron chi connectivity index (χ0n) is 17.7. The molecule has 2 fully saturated rings. The van der Waals surface area contributed by atoms with E-state index in [4.69, 9.17) is 14.2 Å². The van der Waals surface area contributed by atoms with E-state index < -0.39 is 0 Å². The van der Waals surface area contributed by atoms with Crippen molar-refractivity contribution >= 4 is 22.0 Å². The summed E-state index contributed by atoms with van der Waals surface area (Å²) in [6.07, 6.45) is 3.01. The number of rotatable bonds is 10. The van der Waals surface area contributed by atoms with Crippen LogP contribution in [0.25, 0.3) is 0 Å². The Morgan fingerprint density at radius 1 is 1.28 bits per heavy atom. The van der Waals surface area contributed by atoms with Crippen LogP contribution in [0.3, 0.4) is 0 Å². The number of carbonyl (C=O) groups is 1. The highest BCUT2D eigenvalue weighted by molar-refractivity contribution is 9.10. The maximum absolute atomic E-state index is 11.9. The third-order valence-electron chi connectivity index (χ3n) is 5.74. The topological polar surface area (TPSA) is 51.2 Å². The Bertz CT molecular complexity index is 685. The fraction of sp³-hybridized carbons (Fsp3) is 0.682. The third-order valence-corrected chi connectivity index (χ3v) is 6.52. The summed E-state index contributed by atoms with van der Waals surface area (Å²) in [5, 5.41) is 0. The summed E-state index contributed by atoms with van der Waals surface area (Å²) >= 11 is 3.69. The van der Waals surface area contributed by atoms with Crippen molar-refractivity contribution in [3.05, 3.63) is 28.2 Å². The number of carbonyl (C=O) groups excluding carboxylic acids is 1. The molecule has 1 aromatic rings. The molecule has 6 nitrogen and oxygen atoms in total. The predicted octanol–water partition coefficient (Wildman–Crippen LogP) is 3.96. The van der Waals surface area contributed by atoms with Gasteiger partial charge in [-0.1, -0.05) is 15.9 Å². The number of likely N-dealkylation sites (tertiary alicyclic amines) is 1. The molecule has 1 aromatic carbocycles. The van der Waals surface area contributed by atoms with E-state index in [-0.39, 0.29) is 18.2 Å². The lowest BCUT2D eigenvalue weighted by Gasteiger charge is -2.19. The first-order chi connectivity index (χ1) is 14.0. The lowest BCUT2D eigenvalue weighted by atomic mass is 9.98. The van der Waals surface area contributed by atoms with Crippen LogP contribution in [0.2, 0.25) is 0 Å². The predicted molar refractivity (Wildman–Crippen MR) is 116 cm³/mol. The number of hydrogen-bond donors (Lipinski definition) is 0. The van der Waals surface area contributed by atoms with E-state index in [9.17, 15) is 4.79 Å². The van der Waals surface area contributed by atoms with Crippen LogP contribution in [0.4, 0.5) is 4.79 Å². The average Bonchev–Trinajstić information content (AvgIpc) is 3.29. The molecule has 0 aliphatic carbocycles. The van der Waals surface area contributed by atoms with Crippen molar-refractivity contribution in [1.82, 2.24) is 9.80 Å². The smallest absolute Gasteiger partial charge is 0.410 e. The number of amides is 1. The van der Waals surface area contributed by atoms with Gasteiger partial charge in [0.15, 0.2) is 0 Å². The summed E-state index contributed by atoms with van der Waals surface area (Å²) in [6.45, 7) is 9.13. The molecule has 0 N–H and O–H groups in total. The van der Waals surface area contributed by atoms with Crippen LogP contribution in [-0.2, 0) is 15.9 Å². The van der Waals surface area contributed by atoms with Gasteiger partial charge in [0.25, 0.3) is 0 Å². The van der Waals surface area contributed by atoms with Crippen molar-refractivity contribution in [2.75, 3.05) is 46.5 Å². The van der Waals surface area contributed by atoms with Gasteiger partial charge >= 0.3 is 6.09 Å². The average molecular weight is 469 g/mol. The first-order valence-electron chi connectivity index (χ1n) is 10.6. The Kier molecular flexibility index (Phi) is 8.21. The van der Waals surface area contributed by atoms with Crippen molar-refractivity contribution in [3.8, 4) is 5.75 Å². The Labute approximate surface area is 182 Å². The van der Waals surface area contributed by atoms with E-state index in [0.717, 1.165) is 49.2 Å². The number of methoxy groups -OCH3 is 1. The summed E-state index contributed by atoms with van der Waals surface area (Å²) in [5.41, 5.74) is 1.30. The zero-order chi connectivity index (χ0) is 20.8. The van der Waals surface area contributed by atoms with Gasteiger partial charge in [-0.2, -0.15) is 0 Å². The molecule has 0 bridgehead atoms. The number of hydrogen-bond acceptors (Lipinski definition) is 5. The molecule has 2 unspecified atom stereocenters. The number of benzene rings is 1. The van der Waals surface area contributed by atoms with Crippen LogP contribution in [0.5, 0.6) is 5.75 Å². The lowest BCUT2D eigenvalue weighted by molar-refractivity contribution is 0.121. The van der Waals surface area contributed by atoms with Crippen molar-refractivity contribution in [2.24, 2.45) is 5.92 Å². The standard InChI is InChI=1S/C22H33BrN2O4/c1-16(2)25-15-20(29-22(25)26)7-9-24-8-6-17(14-24)12-18-13-19(4-5-21(18)23)28-11-10-27-3/h4-5,13,16-17,20H,6-12,14-15H2,1-3H3. The SMILES string of the molecule is COCCOc1ccc(Br)c(CC2CCN(CCC3CN(C(C)C)C(=O)O3)C2)c1. The molecular weight excluding hydrogens is 436 g/mol. The number of ether oxygens (including phenoxy) is 3. The van der Waals surface area contributed by atoms with E-state index in [1.165, 1.54) is 12.0 Å². The quantitative estimate of drug-likeness (QED) is 0.486. The van der Waals surface area contributed by atoms with Crippen LogP contribution < -0.4 is 4.74 Å². The van der Waals surface area contributed by atoms with Gasteiger partial charge in [-0.3, -0.25) is 0 Å². The molecule has 0 radical (unpaired) electrons. The molecule has 2 atom stereocenters. The highest BCUT2D eigenvalue weighted by Gasteiger charge is 2.33. The fourth-order valence-corrected chi connectivity index (χ4v) is 4.48. The van der Waals surface area contributed by atoms with Crippen LogP contribution in [0, 0.1) is 5.92 Å². The van der Waals surface area contributed by atoms with Crippen LogP contribution in [0.15, 0.2) is 22.7 Å². The summed E-state index contributed by atoms with van der Waals surface area (Å²) in [6, 6.07) is 6.41. The molecule has 0 aromatic heterocycles. The van der Waals surface area contributed by atoms with Crippen LogP contribution >= 0.6 is 15.9 Å². The van der Waals surface area contributed by atoms with Gasteiger partial charge in [0.05, 0.1) is 13.2 Å². The van der Waals surface area contributed by atoms with Gasteiger partial charge in [0, 0.05) is 30.7 Å². The van der Waals surface area contributed by atoms with Crippen molar-refractivity contribution < 1.29 is 19.0 Å². The highest BCUT2D eigenvalue weighted by Crippen LogP contribution is 2.29. The zero-order valence-corrected chi connectivity index (χ0v) is 19.3. The monoisotopic (exact) mass is 468 g/mol. The second-order valence-electron chi connectivity index (χ2n) is 8.29. The Balaban J connectivity index is 1.44. The molecule has 7 heteroatoms. The van der Waals surface area contributed by atoms with Crippen molar-refractivity contribution in [1.29, 1.82) is 0 Å². The third kappa shape index (κ3) is 6.33. The summed E-state index contributed by atoms with van der Waals surface area (Å²) in [5.74, 6) is 1.53. The molecule has 0 saturated carbocycles. The first-order valence-corrected chi connectivity index (χ1v) is 11.3.